The van der Waals surface area contributed by atoms with Crippen molar-refractivity contribution in [2.75, 3.05) is 0 Å². The van der Waals surface area contributed by atoms with Crippen LogP contribution in [-0.4, -0.2) is 0 Å². The van der Waals surface area contributed by atoms with E-state index in [0.717, 1.165) is 6.42 Å². The van der Waals surface area contributed by atoms with Crippen LogP contribution in [0.25, 0.3) is 0 Å². The summed E-state index contributed by atoms with van der Waals surface area (Å²) in [5, 5.41) is 0. The lowest BCUT2D eigenvalue weighted by Gasteiger charge is -2.19. The van der Waals surface area contributed by atoms with Crippen LogP contribution in [0.15, 0.2) is 0 Å². The molecule has 0 aliphatic heterocycles. The van der Waals surface area contributed by atoms with Crippen molar-refractivity contribution in [3.05, 3.63) is 0 Å². The molecule has 0 aliphatic carbocycles. The Bertz CT molecular complexity index is 104. The Hall–Kier alpha value is -0.440. The van der Waals surface area contributed by atoms with Crippen LogP contribution in [0, 0.1) is 17.8 Å². The molecule has 0 aromatic rings. The van der Waals surface area contributed by atoms with Gasteiger partial charge in [0.15, 0.2) is 0 Å². The summed E-state index contributed by atoms with van der Waals surface area (Å²) in [6, 6.07) is 0. The van der Waals surface area contributed by atoms with E-state index < -0.39 is 0 Å². The molecule has 0 rings (SSSR count). The van der Waals surface area contributed by atoms with E-state index in [-0.39, 0.29) is 0 Å². The SMILES string of the molecule is C#CCC(C)(C)CCC. The molecule has 0 saturated heterocycles. The van der Waals surface area contributed by atoms with Crippen LogP contribution in [0.1, 0.15) is 40.0 Å². The predicted molar refractivity (Wildman–Crippen MR) is 42.1 cm³/mol. The van der Waals surface area contributed by atoms with Gasteiger partial charge in [0.1, 0.15) is 0 Å². The zero-order chi connectivity index (χ0) is 7.33. The molecule has 0 radical (unpaired) electrons. The minimum absolute atomic E-state index is 0.365. The topological polar surface area (TPSA) is 0 Å². The fraction of sp³-hybridized carbons (Fsp3) is 0.778. The first-order valence-corrected chi connectivity index (χ1v) is 3.56. The first-order valence-electron chi connectivity index (χ1n) is 3.56. The Kier molecular flexibility index (Phi) is 3.39. The van der Waals surface area contributed by atoms with Gasteiger partial charge >= 0.3 is 0 Å². The number of terminal acetylenes is 1. The third-order valence-electron chi connectivity index (χ3n) is 1.51. The molecular formula is C9H16. The molecule has 0 spiro atoms. The van der Waals surface area contributed by atoms with Gasteiger partial charge in [0, 0.05) is 6.42 Å². The molecular weight excluding hydrogens is 108 g/mol. The van der Waals surface area contributed by atoms with Crippen molar-refractivity contribution in [1.82, 2.24) is 0 Å². The van der Waals surface area contributed by atoms with Gasteiger partial charge < -0.3 is 0 Å². The first-order chi connectivity index (χ1) is 4.12. The molecule has 0 bridgehead atoms. The average Bonchev–Trinajstić information content (AvgIpc) is 1.64. The molecule has 0 nitrogen and oxygen atoms in total. The fourth-order valence-electron chi connectivity index (χ4n) is 1.04. The van der Waals surface area contributed by atoms with E-state index >= 15 is 0 Å². The van der Waals surface area contributed by atoms with E-state index in [1.54, 1.807) is 0 Å². The molecule has 0 aromatic carbocycles. The lowest BCUT2D eigenvalue weighted by molar-refractivity contribution is 0.341. The normalized spacial score (nSPS) is 10.9. The van der Waals surface area contributed by atoms with Crippen LogP contribution in [0.3, 0.4) is 0 Å². The Morgan fingerprint density at radius 1 is 1.44 bits per heavy atom. The van der Waals surface area contributed by atoms with Crippen LogP contribution in [-0.2, 0) is 0 Å². The van der Waals surface area contributed by atoms with Gasteiger partial charge in [0.05, 0.1) is 0 Å². The van der Waals surface area contributed by atoms with Crippen LogP contribution in [0.2, 0.25) is 0 Å². The van der Waals surface area contributed by atoms with Gasteiger partial charge in [-0.05, 0) is 11.8 Å². The third-order valence-corrected chi connectivity index (χ3v) is 1.51. The molecule has 0 unspecified atom stereocenters. The summed E-state index contributed by atoms with van der Waals surface area (Å²) >= 11 is 0. The predicted octanol–water partition coefficient (Wildman–Crippen LogP) is 2.84. The van der Waals surface area contributed by atoms with Gasteiger partial charge in [-0.3, -0.25) is 0 Å². The number of rotatable bonds is 3. The third kappa shape index (κ3) is 4.09. The highest BCUT2D eigenvalue weighted by molar-refractivity contribution is 4.90. The molecule has 0 fully saturated rings. The van der Waals surface area contributed by atoms with Gasteiger partial charge in [0.2, 0.25) is 0 Å². The molecule has 0 atom stereocenters. The quantitative estimate of drug-likeness (QED) is 0.507. The van der Waals surface area contributed by atoms with E-state index in [2.05, 4.69) is 26.7 Å². The van der Waals surface area contributed by atoms with Gasteiger partial charge in [0.25, 0.3) is 0 Å². The highest BCUT2D eigenvalue weighted by Crippen LogP contribution is 2.25. The fourth-order valence-corrected chi connectivity index (χ4v) is 1.04. The Balaban J connectivity index is 3.59. The van der Waals surface area contributed by atoms with Gasteiger partial charge in [-0.15, -0.1) is 12.3 Å². The van der Waals surface area contributed by atoms with E-state index in [9.17, 15) is 0 Å². The number of hydrogen-bond donors (Lipinski definition) is 0. The second-order valence-corrected chi connectivity index (χ2v) is 3.30. The summed E-state index contributed by atoms with van der Waals surface area (Å²) in [6.45, 7) is 6.63. The summed E-state index contributed by atoms with van der Waals surface area (Å²) in [5.74, 6) is 2.69. The second kappa shape index (κ2) is 3.56. The highest BCUT2D eigenvalue weighted by atomic mass is 14.2. The van der Waals surface area contributed by atoms with Crippen molar-refractivity contribution in [3.63, 3.8) is 0 Å². The molecule has 0 heteroatoms. The van der Waals surface area contributed by atoms with Gasteiger partial charge in [-0.25, -0.2) is 0 Å². The van der Waals surface area contributed by atoms with Crippen molar-refractivity contribution in [1.29, 1.82) is 0 Å². The lowest BCUT2D eigenvalue weighted by Crippen LogP contribution is -2.08. The molecule has 0 aliphatic rings. The smallest absolute Gasteiger partial charge is 0.0137 e. The minimum Gasteiger partial charge on any atom is -0.120 e. The summed E-state index contributed by atoms with van der Waals surface area (Å²) < 4.78 is 0. The molecule has 0 heterocycles. The van der Waals surface area contributed by atoms with E-state index in [0.29, 0.717) is 5.41 Å². The summed E-state index contributed by atoms with van der Waals surface area (Å²) in [4.78, 5) is 0. The largest absolute Gasteiger partial charge is 0.120 e. The van der Waals surface area contributed by atoms with Gasteiger partial charge in [-0.1, -0.05) is 27.2 Å². The van der Waals surface area contributed by atoms with Crippen LogP contribution in [0.5, 0.6) is 0 Å². The average molecular weight is 124 g/mol. The highest BCUT2D eigenvalue weighted by Gasteiger charge is 2.13. The maximum atomic E-state index is 5.19. The minimum atomic E-state index is 0.365. The van der Waals surface area contributed by atoms with E-state index in [1.165, 1.54) is 12.8 Å². The second-order valence-electron chi connectivity index (χ2n) is 3.30. The van der Waals surface area contributed by atoms with Crippen LogP contribution >= 0.6 is 0 Å². The molecule has 0 aromatic heterocycles. The zero-order valence-corrected chi connectivity index (χ0v) is 6.70. The Labute approximate surface area is 58.7 Å². The summed E-state index contributed by atoms with van der Waals surface area (Å²) in [7, 11) is 0. The van der Waals surface area contributed by atoms with Crippen molar-refractivity contribution >= 4 is 0 Å². The van der Waals surface area contributed by atoms with Crippen molar-refractivity contribution in [2.45, 2.75) is 40.0 Å². The Morgan fingerprint density at radius 3 is 2.33 bits per heavy atom. The first kappa shape index (κ1) is 8.56. The number of hydrogen-bond acceptors (Lipinski definition) is 0. The lowest BCUT2D eigenvalue weighted by atomic mass is 9.85. The van der Waals surface area contributed by atoms with E-state index in [4.69, 9.17) is 6.42 Å². The summed E-state index contributed by atoms with van der Waals surface area (Å²) in [6.07, 6.45) is 8.56. The molecule has 52 valence electrons. The van der Waals surface area contributed by atoms with Crippen molar-refractivity contribution < 1.29 is 0 Å². The van der Waals surface area contributed by atoms with Crippen molar-refractivity contribution in [2.24, 2.45) is 5.41 Å². The molecule has 0 N–H and O–H groups in total. The maximum Gasteiger partial charge on any atom is 0.0137 e. The van der Waals surface area contributed by atoms with Gasteiger partial charge in [-0.2, -0.15) is 0 Å². The van der Waals surface area contributed by atoms with E-state index in [1.807, 2.05) is 0 Å². The van der Waals surface area contributed by atoms with Crippen LogP contribution in [0.4, 0.5) is 0 Å². The van der Waals surface area contributed by atoms with Crippen LogP contribution < -0.4 is 0 Å². The Morgan fingerprint density at radius 2 is 2.00 bits per heavy atom. The zero-order valence-electron chi connectivity index (χ0n) is 6.70. The standard InChI is InChI=1S/C9H16/c1-5-7-9(3,4)8-6-2/h1H,6-8H2,2-4H3. The monoisotopic (exact) mass is 124 g/mol. The molecule has 0 saturated carbocycles. The molecule has 9 heavy (non-hydrogen) atoms. The van der Waals surface area contributed by atoms with Crippen molar-refractivity contribution in [3.8, 4) is 12.3 Å². The maximum absolute atomic E-state index is 5.19. The summed E-state index contributed by atoms with van der Waals surface area (Å²) in [5.41, 5.74) is 0.365. The molecule has 0 amide bonds.